The van der Waals surface area contributed by atoms with Crippen LogP contribution in [0.2, 0.25) is 0 Å². The molecular weight excluding hydrogens is 390 g/mol. The average Bonchev–Trinajstić information content (AvgIpc) is 2.84. The molecule has 0 aromatic heterocycles. The molecule has 2 aromatic rings. The molecule has 115 valence electrons. The molecule has 0 unspecified atom stereocenters. The van der Waals surface area contributed by atoms with E-state index in [0.29, 0.717) is 11.8 Å². The molecule has 0 saturated carbocycles. The van der Waals surface area contributed by atoms with E-state index in [1.165, 1.54) is 33.4 Å². The number of benzene rings is 2. The minimum absolute atomic E-state index is 0.586. The van der Waals surface area contributed by atoms with E-state index in [4.69, 9.17) is 17.0 Å². The van der Waals surface area contributed by atoms with Crippen LogP contribution in [-0.2, 0) is 20.8 Å². The molecule has 0 bridgehead atoms. The molecule has 1 aliphatic rings. The summed E-state index contributed by atoms with van der Waals surface area (Å²) in [5.41, 5.74) is 8.39. The topological polar surface area (TPSA) is 0 Å². The van der Waals surface area contributed by atoms with E-state index < -0.39 is 20.8 Å². The summed E-state index contributed by atoms with van der Waals surface area (Å²) in [4.78, 5) is 0. The standard InChI is InChI=1S/C19H21.2ClH.Zr/c1-12(2)14-5-7-16-9-17-8-6-15(13(3)4)11-19(17)18(16)10-14;;;/h5-13H,1-4H3;2*1H;/q;;;+2/p-2. The summed E-state index contributed by atoms with van der Waals surface area (Å²) in [7, 11) is 9.87. The molecule has 3 rings (SSSR count). The number of fused-ring (bicyclic) bond motifs is 3. The number of rotatable bonds is 2. The van der Waals surface area contributed by atoms with Crippen LogP contribution in [0.15, 0.2) is 36.4 Å². The average molecular weight is 412 g/mol. The van der Waals surface area contributed by atoms with Crippen LogP contribution in [0.5, 0.6) is 0 Å². The van der Waals surface area contributed by atoms with Crippen molar-refractivity contribution in [1.82, 2.24) is 0 Å². The normalized spacial score (nSPS) is 11.8. The van der Waals surface area contributed by atoms with Crippen LogP contribution in [-0.4, -0.2) is 0 Å². The third kappa shape index (κ3) is 4.05. The van der Waals surface area contributed by atoms with Crippen LogP contribution in [0.25, 0.3) is 11.1 Å². The van der Waals surface area contributed by atoms with Gasteiger partial charge in [-0.1, -0.05) is 64.1 Å². The summed E-state index contributed by atoms with van der Waals surface area (Å²) in [6.45, 7) is 9.02. The molecule has 0 nitrogen and oxygen atoms in total. The zero-order valence-corrected chi connectivity index (χ0v) is 17.4. The second-order valence-corrected chi connectivity index (χ2v) is 9.95. The van der Waals surface area contributed by atoms with E-state index in [-0.39, 0.29) is 0 Å². The number of hydrogen-bond donors (Lipinski definition) is 0. The first-order chi connectivity index (χ1) is 10.5. The van der Waals surface area contributed by atoms with Crippen molar-refractivity contribution in [2.24, 2.45) is 0 Å². The van der Waals surface area contributed by atoms with E-state index in [2.05, 4.69) is 70.5 Å². The second-order valence-electron chi connectivity index (χ2n) is 6.22. The minimum atomic E-state index is -0.826. The SMILES string of the molecule is CC(C)c1ccc2c(c1)-c1cc(C(C)C)ccc1[CH]2.[Cl][Zr][Cl]. The van der Waals surface area contributed by atoms with Crippen LogP contribution >= 0.6 is 17.0 Å². The first-order valence-corrected chi connectivity index (χ1v) is 13.9. The number of halogens is 2. The van der Waals surface area contributed by atoms with E-state index in [1.807, 2.05) is 0 Å². The van der Waals surface area contributed by atoms with Gasteiger partial charge in [0.05, 0.1) is 0 Å². The van der Waals surface area contributed by atoms with Crippen LogP contribution in [0.4, 0.5) is 0 Å². The molecule has 1 aliphatic carbocycles. The Morgan fingerprint density at radius 2 is 1.09 bits per heavy atom. The van der Waals surface area contributed by atoms with Crippen molar-refractivity contribution in [1.29, 1.82) is 0 Å². The molecule has 0 fully saturated rings. The third-order valence-electron chi connectivity index (χ3n) is 4.09. The van der Waals surface area contributed by atoms with Crippen molar-refractivity contribution in [3.8, 4) is 11.1 Å². The molecule has 1 radical (unpaired) electrons. The molecule has 0 amide bonds. The first kappa shape index (κ1) is 18.2. The zero-order valence-electron chi connectivity index (χ0n) is 13.5. The summed E-state index contributed by atoms with van der Waals surface area (Å²) in [5.74, 6) is 1.17. The molecule has 0 N–H and O–H groups in total. The van der Waals surface area contributed by atoms with Gasteiger partial charge in [0.15, 0.2) is 0 Å². The van der Waals surface area contributed by atoms with Crippen molar-refractivity contribution in [2.45, 2.75) is 39.5 Å². The van der Waals surface area contributed by atoms with Gasteiger partial charge in [-0.3, -0.25) is 0 Å². The molecular formula is C19H21Cl2Zr. The van der Waals surface area contributed by atoms with Crippen LogP contribution < -0.4 is 0 Å². The Morgan fingerprint density at radius 3 is 1.41 bits per heavy atom. The van der Waals surface area contributed by atoms with Crippen LogP contribution in [0, 0.1) is 6.42 Å². The molecule has 22 heavy (non-hydrogen) atoms. The summed E-state index contributed by atoms with van der Waals surface area (Å²) in [5, 5.41) is 0. The second kappa shape index (κ2) is 8.14. The molecule has 0 atom stereocenters. The van der Waals surface area contributed by atoms with Gasteiger partial charge in [0.1, 0.15) is 0 Å². The Hall–Kier alpha value is -0.0969. The monoisotopic (exact) mass is 409 g/mol. The van der Waals surface area contributed by atoms with Gasteiger partial charge >= 0.3 is 37.9 Å². The van der Waals surface area contributed by atoms with Gasteiger partial charge in [-0.2, -0.15) is 0 Å². The van der Waals surface area contributed by atoms with Gasteiger partial charge in [0, 0.05) is 6.42 Å². The Kier molecular flexibility index (Phi) is 6.75. The molecule has 3 heteroatoms. The molecule has 0 heterocycles. The Bertz CT molecular complexity index is 592. The predicted octanol–water partition coefficient (Wildman–Crippen LogP) is 6.89. The summed E-state index contributed by atoms with van der Waals surface area (Å²) < 4.78 is 0. The van der Waals surface area contributed by atoms with Gasteiger partial charge in [-0.05, 0) is 45.2 Å². The Morgan fingerprint density at radius 1 is 0.727 bits per heavy atom. The van der Waals surface area contributed by atoms with Crippen molar-refractivity contribution in [3.63, 3.8) is 0 Å². The van der Waals surface area contributed by atoms with E-state index in [1.54, 1.807) is 0 Å². The fourth-order valence-electron chi connectivity index (χ4n) is 2.75. The van der Waals surface area contributed by atoms with Crippen LogP contribution in [0.1, 0.15) is 61.8 Å². The first-order valence-electron chi connectivity index (χ1n) is 7.57. The van der Waals surface area contributed by atoms with Gasteiger partial charge < -0.3 is 0 Å². The maximum atomic E-state index is 4.93. The van der Waals surface area contributed by atoms with E-state index in [9.17, 15) is 0 Å². The van der Waals surface area contributed by atoms with Gasteiger partial charge in [-0.25, -0.2) is 0 Å². The van der Waals surface area contributed by atoms with Gasteiger partial charge in [-0.15, -0.1) is 0 Å². The van der Waals surface area contributed by atoms with Crippen molar-refractivity contribution < 1.29 is 20.8 Å². The fourth-order valence-corrected chi connectivity index (χ4v) is 2.75. The van der Waals surface area contributed by atoms with Crippen molar-refractivity contribution in [3.05, 3.63) is 65.1 Å². The summed E-state index contributed by atoms with van der Waals surface area (Å²) in [6, 6.07) is 13.8. The van der Waals surface area contributed by atoms with Crippen LogP contribution in [0.3, 0.4) is 0 Å². The summed E-state index contributed by atoms with van der Waals surface area (Å²) >= 11 is -0.826. The number of hydrogen-bond acceptors (Lipinski definition) is 0. The van der Waals surface area contributed by atoms with Gasteiger partial charge in [0.2, 0.25) is 0 Å². The Labute approximate surface area is 152 Å². The van der Waals surface area contributed by atoms with E-state index in [0.717, 1.165) is 0 Å². The van der Waals surface area contributed by atoms with Gasteiger partial charge in [0.25, 0.3) is 0 Å². The predicted molar refractivity (Wildman–Crippen MR) is 94.3 cm³/mol. The zero-order chi connectivity index (χ0) is 16.3. The fraction of sp³-hybridized carbons (Fsp3) is 0.316. The third-order valence-corrected chi connectivity index (χ3v) is 4.09. The molecule has 0 saturated heterocycles. The van der Waals surface area contributed by atoms with Crippen molar-refractivity contribution >= 4 is 17.0 Å². The Balaban J connectivity index is 0.000000545. The summed E-state index contributed by atoms with van der Waals surface area (Å²) in [6.07, 6.45) is 2.30. The molecule has 0 spiro atoms. The maximum absolute atomic E-state index is 4.93. The molecule has 2 aromatic carbocycles. The van der Waals surface area contributed by atoms with E-state index >= 15 is 0 Å². The quantitative estimate of drug-likeness (QED) is 0.431. The molecule has 0 aliphatic heterocycles. The van der Waals surface area contributed by atoms with Crippen molar-refractivity contribution in [2.75, 3.05) is 0 Å².